The molecule has 0 aromatic heterocycles. The highest BCUT2D eigenvalue weighted by Gasteiger charge is 2.13. The number of nitrogens with one attached hydrogen (secondary N) is 1. The van der Waals surface area contributed by atoms with Gasteiger partial charge in [-0.05, 0) is 23.3 Å². The van der Waals surface area contributed by atoms with Crippen molar-refractivity contribution in [2.75, 3.05) is 0 Å². The van der Waals surface area contributed by atoms with E-state index < -0.39 is 11.7 Å². The number of benzene rings is 2. The van der Waals surface area contributed by atoms with Crippen molar-refractivity contribution in [3.05, 3.63) is 70.0 Å². The summed E-state index contributed by atoms with van der Waals surface area (Å²) in [5.74, 6) is -1.17. The fourth-order valence-corrected chi connectivity index (χ4v) is 2.25. The number of alkyl halides is 1. The van der Waals surface area contributed by atoms with E-state index in [0.29, 0.717) is 6.54 Å². The standard InChI is InChI=1S/C15H12BrClFNO/c16-8-10-4-6-11(7-5-10)9-19-15(20)12-2-1-3-13(17)14(12)18/h1-7H,8-9H2,(H,19,20). The van der Waals surface area contributed by atoms with Crippen molar-refractivity contribution >= 4 is 33.4 Å². The third-order valence-electron chi connectivity index (χ3n) is 2.83. The SMILES string of the molecule is O=C(NCc1ccc(CBr)cc1)c1cccc(Cl)c1F. The van der Waals surface area contributed by atoms with Gasteiger partial charge in [-0.1, -0.05) is 57.9 Å². The molecular formula is C15H12BrClFNO. The Morgan fingerprint density at radius 1 is 1.15 bits per heavy atom. The smallest absolute Gasteiger partial charge is 0.254 e. The lowest BCUT2D eigenvalue weighted by Crippen LogP contribution is -2.23. The summed E-state index contributed by atoms with van der Waals surface area (Å²) in [5, 5.41) is 3.40. The Balaban J connectivity index is 2.02. The van der Waals surface area contributed by atoms with E-state index in [1.165, 1.54) is 12.1 Å². The van der Waals surface area contributed by atoms with Crippen molar-refractivity contribution in [1.82, 2.24) is 5.32 Å². The fourth-order valence-electron chi connectivity index (χ4n) is 1.70. The van der Waals surface area contributed by atoms with Gasteiger partial charge in [0, 0.05) is 11.9 Å². The second kappa shape index (κ2) is 6.86. The second-order valence-electron chi connectivity index (χ2n) is 4.23. The van der Waals surface area contributed by atoms with Gasteiger partial charge in [0.25, 0.3) is 5.91 Å². The summed E-state index contributed by atoms with van der Waals surface area (Å²) in [6.45, 7) is 0.341. The van der Waals surface area contributed by atoms with Gasteiger partial charge in [-0.3, -0.25) is 4.79 Å². The molecule has 0 radical (unpaired) electrons. The molecule has 0 atom stereocenters. The van der Waals surface area contributed by atoms with Crippen LogP contribution in [0.1, 0.15) is 21.5 Å². The Hall–Kier alpha value is -1.39. The normalized spacial score (nSPS) is 10.3. The molecule has 0 heterocycles. The summed E-state index contributed by atoms with van der Waals surface area (Å²) in [6.07, 6.45) is 0. The molecule has 0 spiro atoms. The minimum absolute atomic E-state index is 0.0467. The number of rotatable bonds is 4. The number of carbonyl (C=O) groups excluding carboxylic acids is 1. The van der Waals surface area contributed by atoms with Gasteiger partial charge in [0.15, 0.2) is 5.82 Å². The second-order valence-corrected chi connectivity index (χ2v) is 5.20. The van der Waals surface area contributed by atoms with Gasteiger partial charge in [-0.2, -0.15) is 0 Å². The average Bonchev–Trinajstić information content (AvgIpc) is 2.48. The van der Waals surface area contributed by atoms with E-state index in [9.17, 15) is 9.18 Å². The lowest BCUT2D eigenvalue weighted by Gasteiger charge is -2.07. The van der Waals surface area contributed by atoms with E-state index in [1.54, 1.807) is 6.07 Å². The molecule has 2 rings (SSSR count). The average molecular weight is 357 g/mol. The summed E-state index contributed by atoms with van der Waals surface area (Å²) in [6, 6.07) is 12.1. The number of amides is 1. The van der Waals surface area contributed by atoms with Crippen LogP contribution in [0.4, 0.5) is 4.39 Å². The first-order chi connectivity index (χ1) is 9.61. The highest BCUT2D eigenvalue weighted by Crippen LogP contribution is 2.17. The Labute approximate surface area is 130 Å². The van der Waals surface area contributed by atoms with E-state index in [-0.39, 0.29) is 10.6 Å². The van der Waals surface area contributed by atoms with Crippen LogP contribution >= 0.6 is 27.5 Å². The Bertz CT molecular complexity index is 616. The third kappa shape index (κ3) is 3.58. The largest absolute Gasteiger partial charge is 0.348 e. The zero-order valence-corrected chi connectivity index (χ0v) is 12.8. The van der Waals surface area contributed by atoms with Gasteiger partial charge in [0.1, 0.15) is 0 Å². The van der Waals surface area contributed by atoms with Gasteiger partial charge in [-0.25, -0.2) is 4.39 Å². The summed E-state index contributed by atoms with van der Waals surface area (Å²) in [4.78, 5) is 11.9. The van der Waals surface area contributed by atoms with Gasteiger partial charge in [0.2, 0.25) is 0 Å². The predicted octanol–water partition coefficient (Wildman–Crippen LogP) is 4.30. The predicted molar refractivity (Wildman–Crippen MR) is 81.7 cm³/mol. The maximum Gasteiger partial charge on any atom is 0.254 e. The van der Waals surface area contributed by atoms with Crippen molar-refractivity contribution in [1.29, 1.82) is 0 Å². The van der Waals surface area contributed by atoms with E-state index in [2.05, 4.69) is 21.2 Å². The molecule has 0 saturated carbocycles. The summed E-state index contributed by atoms with van der Waals surface area (Å²) >= 11 is 9.01. The van der Waals surface area contributed by atoms with Crippen molar-refractivity contribution in [2.24, 2.45) is 0 Å². The van der Waals surface area contributed by atoms with E-state index in [0.717, 1.165) is 16.5 Å². The van der Waals surface area contributed by atoms with Crippen LogP contribution in [0.15, 0.2) is 42.5 Å². The zero-order valence-electron chi connectivity index (χ0n) is 10.5. The summed E-state index contributed by atoms with van der Waals surface area (Å²) in [5.41, 5.74) is 2.06. The van der Waals surface area contributed by atoms with Crippen molar-refractivity contribution in [3.8, 4) is 0 Å². The van der Waals surface area contributed by atoms with E-state index in [4.69, 9.17) is 11.6 Å². The molecule has 0 fully saturated rings. The molecule has 2 nitrogen and oxygen atoms in total. The maximum absolute atomic E-state index is 13.7. The minimum atomic E-state index is -0.693. The van der Waals surface area contributed by atoms with Crippen LogP contribution in [-0.2, 0) is 11.9 Å². The minimum Gasteiger partial charge on any atom is -0.348 e. The van der Waals surface area contributed by atoms with Crippen LogP contribution in [0, 0.1) is 5.82 Å². The molecule has 1 amide bonds. The van der Waals surface area contributed by atoms with Crippen LogP contribution in [0.25, 0.3) is 0 Å². The third-order valence-corrected chi connectivity index (χ3v) is 3.77. The molecule has 1 N–H and O–H groups in total. The van der Waals surface area contributed by atoms with Gasteiger partial charge in [0.05, 0.1) is 10.6 Å². The van der Waals surface area contributed by atoms with Crippen LogP contribution in [0.5, 0.6) is 0 Å². The van der Waals surface area contributed by atoms with Gasteiger partial charge < -0.3 is 5.32 Å². The van der Waals surface area contributed by atoms with Crippen molar-refractivity contribution in [3.63, 3.8) is 0 Å². The molecule has 0 unspecified atom stereocenters. The molecule has 5 heteroatoms. The molecule has 2 aromatic rings. The van der Waals surface area contributed by atoms with Crippen LogP contribution < -0.4 is 5.32 Å². The molecular weight excluding hydrogens is 345 g/mol. The van der Waals surface area contributed by atoms with Gasteiger partial charge >= 0.3 is 0 Å². The highest BCUT2D eigenvalue weighted by molar-refractivity contribution is 9.08. The monoisotopic (exact) mass is 355 g/mol. The zero-order chi connectivity index (χ0) is 14.5. The topological polar surface area (TPSA) is 29.1 Å². The first kappa shape index (κ1) is 15.0. The van der Waals surface area contributed by atoms with Crippen LogP contribution in [0.2, 0.25) is 5.02 Å². The molecule has 0 aliphatic carbocycles. The Morgan fingerprint density at radius 2 is 1.80 bits per heavy atom. The van der Waals surface area contributed by atoms with Crippen molar-refractivity contribution < 1.29 is 9.18 Å². The summed E-state index contributed by atoms with van der Waals surface area (Å²) < 4.78 is 13.7. The maximum atomic E-state index is 13.7. The van der Waals surface area contributed by atoms with Crippen molar-refractivity contribution in [2.45, 2.75) is 11.9 Å². The number of carbonyl (C=O) groups is 1. The molecule has 0 bridgehead atoms. The molecule has 0 saturated heterocycles. The fraction of sp³-hybridized carbons (Fsp3) is 0.133. The van der Waals surface area contributed by atoms with Gasteiger partial charge in [-0.15, -0.1) is 0 Å². The van der Waals surface area contributed by atoms with Crippen LogP contribution in [-0.4, -0.2) is 5.91 Å². The number of halogens is 3. The molecule has 0 aliphatic heterocycles. The first-order valence-corrected chi connectivity index (χ1v) is 7.47. The number of hydrogen-bond donors (Lipinski definition) is 1. The summed E-state index contributed by atoms with van der Waals surface area (Å²) in [7, 11) is 0. The number of hydrogen-bond acceptors (Lipinski definition) is 1. The Morgan fingerprint density at radius 3 is 2.45 bits per heavy atom. The highest BCUT2D eigenvalue weighted by atomic mass is 79.9. The van der Waals surface area contributed by atoms with E-state index in [1.807, 2.05) is 24.3 Å². The lowest BCUT2D eigenvalue weighted by molar-refractivity contribution is 0.0947. The van der Waals surface area contributed by atoms with Crippen LogP contribution in [0.3, 0.4) is 0 Å². The Kier molecular flexibility index (Phi) is 5.15. The first-order valence-electron chi connectivity index (χ1n) is 5.98. The molecule has 104 valence electrons. The molecule has 2 aromatic carbocycles. The van der Waals surface area contributed by atoms with E-state index >= 15 is 0 Å². The molecule has 20 heavy (non-hydrogen) atoms. The molecule has 0 aliphatic rings. The lowest BCUT2D eigenvalue weighted by atomic mass is 10.1. The quantitative estimate of drug-likeness (QED) is 0.813.